The van der Waals surface area contributed by atoms with E-state index < -0.39 is 5.91 Å². The standard InChI is InChI=1S/C26H28N4O5S/c1-4-5-10-23-29-30-24(27)18(25(31)28-26(30)36-23)15-17-11-12-21(22(16-17)33-3)35-14-13-34-20-9-7-6-8-19(20)32-2/h6-9,11-12,15-16,27H,4-5,10,13-14H2,1-3H3. The minimum atomic E-state index is -0.460. The fourth-order valence-electron chi connectivity index (χ4n) is 3.56. The number of rotatable bonds is 11. The molecule has 0 saturated heterocycles. The lowest BCUT2D eigenvalue weighted by molar-refractivity contribution is -0.114. The maximum atomic E-state index is 12.7. The normalized spacial score (nSPS) is 16.0. The zero-order valence-corrected chi connectivity index (χ0v) is 21.3. The molecule has 2 aliphatic heterocycles. The van der Waals surface area contributed by atoms with Gasteiger partial charge in [0, 0.05) is 0 Å². The van der Waals surface area contributed by atoms with Crippen molar-refractivity contribution >= 4 is 39.8 Å². The van der Waals surface area contributed by atoms with Crippen LogP contribution in [0.15, 0.2) is 58.1 Å². The van der Waals surface area contributed by atoms with E-state index in [4.69, 9.17) is 24.4 Å². The third-order valence-electron chi connectivity index (χ3n) is 5.41. The van der Waals surface area contributed by atoms with E-state index in [0.29, 0.717) is 46.9 Å². The summed E-state index contributed by atoms with van der Waals surface area (Å²) >= 11 is 1.35. The molecule has 4 rings (SSSR count). The number of thioether (sulfide) groups is 1. The highest BCUT2D eigenvalue weighted by Gasteiger charge is 2.35. The Morgan fingerprint density at radius 1 is 1.00 bits per heavy atom. The molecule has 2 heterocycles. The third kappa shape index (κ3) is 5.71. The first-order valence-corrected chi connectivity index (χ1v) is 12.4. The van der Waals surface area contributed by atoms with Crippen LogP contribution in [-0.4, -0.2) is 54.4 Å². The van der Waals surface area contributed by atoms with Crippen molar-refractivity contribution in [1.29, 1.82) is 5.41 Å². The lowest BCUT2D eigenvalue weighted by Crippen LogP contribution is -2.35. The third-order valence-corrected chi connectivity index (χ3v) is 6.37. The van der Waals surface area contributed by atoms with E-state index in [0.717, 1.165) is 24.3 Å². The van der Waals surface area contributed by atoms with E-state index in [1.54, 1.807) is 38.5 Å². The van der Waals surface area contributed by atoms with Crippen LogP contribution in [0, 0.1) is 5.41 Å². The topological polar surface area (TPSA) is 106 Å². The Kier molecular flexibility index (Phi) is 8.27. The second-order valence-corrected chi connectivity index (χ2v) is 8.92. The Labute approximate surface area is 214 Å². The van der Waals surface area contributed by atoms with E-state index in [1.807, 2.05) is 24.3 Å². The molecule has 10 heteroatoms. The van der Waals surface area contributed by atoms with E-state index in [1.165, 1.54) is 16.8 Å². The molecule has 0 aliphatic carbocycles. The number of amides is 1. The molecule has 1 amide bonds. The molecule has 0 unspecified atom stereocenters. The number of hydrogen-bond donors (Lipinski definition) is 1. The van der Waals surface area contributed by atoms with E-state index in [2.05, 4.69) is 17.0 Å². The van der Waals surface area contributed by atoms with Crippen LogP contribution in [0.1, 0.15) is 31.7 Å². The largest absolute Gasteiger partial charge is 0.493 e. The van der Waals surface area contributed by atoms with Crippen molar-refractivity contribution in [2.24, 2.45) is 10.1 Å². The van der Waals surface area contributed by atoms with Gasteiger partial charge in [-0.25, -0.2) is 0 Å². The number of nitrogens with zero attached hydrogens (tertiary/aromatic N) is 3. The van der Waals surface area contributed by atoms with Gasteiger partial charge in [-0.05, 0) is 60.5 Å². The van der Waals surface area contributed by atoms with Crippen LogP contribution < -0.4 is 18.9 Å². The Balaban J connectivity index is 1.43. The number of aliphatic imine (C=N–C) groups is 1. The minimum Gasteiger partial charge on any atom is -0.493 e. The summed E-state index contributed by atoms with van der Waals surface area (Å²) in [4.78, 5) is 16.8. The summed E-state index contributed by atoms with van der Waals surface area (Å²) in [5, 5.41) is 15.7. The van der Waals surface area contributed by atoms with Gasteiger partial charge >= 0.3 is 0 Å². The van der Waals surface area contributed by atoms with Crippen molar-refractivity contribution in [3.05, 3.63) is 53.6 Å². The summed E-state index contributed by atoms with van der Waals surface area (Å²) in [6.45, 7) is 2.72. The predicted octanol–water partition coefficient (Wildman–Crippen LogP) is 4.97. The number of hydrazone groups is 1. The number of methoxy groups -OCH3 is 2. The predicted molar refractivity (Wildman–Crippen MR) is 142 cm³/mol. The van der Waals surface area contributed by atoms with Gasteiger partial charge in [-0.15, -0.1) is 0 Å². The van der Waals surface area contributed by atoms with Gasteiger partial charge in [0.2, 0.25) is 5.17 Å². The number of carbonyl (C=O) groups is 1. The zero-order chi connectivity index (χ0) is 25.5. The maximum Gasteiger partial charge on any atom is 0.283 e. The molecular weight excluding hydrogens is 480 g/mol. The molecule has 2 aliphatic rings. The van der Waals surface area contributed by atoms with Crippen molar-refractivity contribution in [3.63, 3.8) is 0 Å². The van der Waals surface area contributed by atoms with Crippen LogP contribution in [0.2, 0.25) is 0 Å². The zero-order valence-electron chi connectivity index (χ0n) is 20.4. The Bertz CT molecular complexity index is 1240. The van der Waals surface area contributed by atoms with Crippen LogP contribution in [0.25, 0.3) is 6.08 Å². The molecule has 1 N–H and O–H groups in total. The average Bonchev–Trinajstić information content (AvgIpc) is 3.31. The van der Waals surface area contributed by atoms with Gasteiger partial charge in [-0.2, -0.15) is 15.1 Å². The summed E-state index contributed by atoms with van der Waals surface area (Å²) in [6, 6.07) is 12.7. The number of ether oxygens (including phenoxy) is 4. The van der Waals surface area contributed by atoms with Crippen LogP contribution in [-0.2, 0) is 4.79 Å². The Morgan fingerprint density at radius 3 is 2.39 bits per heavy atom. The number of carbonyl (C=O) groups excluding carboxylic acids is 1. The fourth-order valence-corrected chi connectivity index (χ4v) is 4.49. The van der Waals surface area contributed by atoms with Crippen molar-refractivity contribution in [2.45, 2.75) is 26.2 Å². The van der Waals surface area contributed by atoms with E-state index >= 15 is 0 Å². The number of amidine groups is 2. The van der Waals surface area contributed by atoms with Crippen LogP contribution in [0.5, 0.6) is 23.0 Å². The van der Waals surface area contributed by atoms with Gasteiger partial charge in [0.25, 0.3) is 5.91 Å². The van der Waals surface area contributed by atoms with Gasteiger partial charge < -0.3 is 18.9 Å². The molecular formula is C26H28N4O5S. The molecule has 0 fully saturated rings. The first-order valence-electron chi connectivity index (χ1n) is 11.6. The quantitative estimate of drug-likeness (QED) is 0.337. The van der Waals surface area contributed by atoms with Gasteiger partial charge in [0.05, 0.1) is 19.8 Å². The lowest BCUT2D eigenvalue weighted by atomic mass is 10.1. The van der Waals surface area contributed by atoms with Crippen LogP contribution in [0.4, 0.5) is 0 Å². The molecule has 2 aromatic carbocycles. The molecule has 0 radical (unpaired) electrons. The summed E-state index contributed by atoms with van der Waals surface area (Å²) in [7, 11) is 3.14. The van der Waals surface area contributed by atoms with Gasteiger partial charge in [-0.3, -0.25) is 10.2 Å². The molecule has 0 bridgehead atoms. The molecule has 0 saturated carbocycles. The van der Waals surface area contributed by atoms with E-state index in [9.17, 15) is 4.79 Å². The summed E-state index contributed by atoms with van der Waals surface area (Å²) in [5.74, 6) is 1.88. The second kappa shape index (κ2) is 11.8. The van der Waals surface area contributed by atoms with Gasteiger partial charge in [-0.1, -0.05) is 31.5 Å². The fraction of sp³-hybridized carbons (Fsp3) is 0.308. The molecule has 9 nitrogen and oxygen atoms in total. The number of hydrogen-bond acceptors (Lipinski definition) is 8. The second-order valence-electron chi connectivity index (χ2n) is 7.88. The van der Waals surface area contributed by atoms with Crippen LogP contribution in [0.3, 0.4) is 0 Å². The Hall–Kier alpha value is -3.79. The first-order chi connectivity index (χ1) is 17.5. The molecule has 36 heavy (non-hydrogen) atoms. The summed E-state index contributed by atoms with van der Waals surface area (Å²) < 4.78 is 22.4. The molecule has 2 aromatic rings. The summed E-state index contributed by atoms with van der Waals surface area (Å²) in [6.07, 6.45) is 4.47. The number of fused-ring (bicyclic) bond motifs is 1. The maximum absolute atomic E-state index is 12.7. The SMILES string of the molecule is CCCCC1=NN2C(=N)C(=Cc3ccc(OCCOc4ccccc4OC)c(OC)c3)C(=O)N=C2S1. The highest BCUT2D eigenvalue weighted by Crippen LogP contribution is 2.32. The number of nitrogens with one attached hydrogen (secondary N) is 1. The highest BCUT2D eigenvalue weighted by molar-refractivity contribution is 8.26. The Morgan fingerprint density at radius 2 is 1.69 bits per heavy atom. The molecule has 0 aromatic heterocycles. The van der Waals surface area contributed by atoms with Crippen molar-refractivity contribution in [2.75, 3.05) is 27.4 Å². The van der Waals surface area contributed by atoms with Crippen molar-refractivity contribution in [1.82, 2.24) is 5.01 Å². The van der Waals surface area contributed by atoms with Crippen molar-refractivity contribution < 1.29 is 23.7 Å². The average molecular weight is 509 g/mol. The van der Waals surface area contributed by atoms with Gasteiger partial charge in [0.1, 0.15) is 18.3 Å². The molecule has 0 atom stereocenters. The first kappa shape index (κ1) is 25.3. The summed E-state index contributed by atoms with van der Waals surface area (Å²) in [5.41, 5.74) is 0.846. The number of unbranched alkanes of at least 4 members (excludes halogenated alkanes) is 1. The number of benzene rings is 2. The van der Waals surface area contributed by atoms with Gasteiger partial charge in [0.15, 0.2) is 28.8 Å². The molecule has 188 valence electrons. The van der Waals surface area contributed by atoms with Crippen molar-refractivity contribution in [3.8, 4) is 23.0 Å². The van der Waals surface area contributed by atoms with Crippen LogP contribution >= 0.6 is 11.8 Å². The minimum absolute atomic E-state index is 0.0109. The highest BCUT2D eigenvalue weighted by atomic mass is 32.2. The lowest BCUT2D eigenvalue weighted by Gasteiger charge is -2.20. The smallest absolute Gasteiger partial charge is 0.283 e. The van der Waals surface area contributed by atoms with E-state index in [-0.39, 0.29) is 11.4 Å². The number of para-hydroxylation sites is 2. The molecule has 0 spiro atoms. The monoisotopic (exact) mass is 508 g/mol.